The molecular weight excluding hydrogens is 244 g/mol. The van der Waals surface area contributed by atoms with Gasteiger partial charge in [0, 0.05) is 6.54 Å². The summed E-state index contributed by atoms with van der Waals surface area (Å²) >= 11 is 0. The summed E-state index contributed by atoms with van der Waals surface area (Å²) < 4.78 is 5.33. The molecule has 1 aromatic carbocycles. The molecule has 0 atom stereocenters. The molecule has 0 aliphatic carbocycles. The monoisotopic (exact) mass is 260 g/mol. The highest BCUT2D eigenvalue weighted by atomic mass is 16.5. The summed E-state index contributed by atoms with van der Waals surface area (Å²) in [6.07, 6.45) is 0.259. The van der Waals surface area contributed by atoms with Gasteiger partial charge in [-0.3, -0.25) is 9.59 Å². The summed E-state index contributed by atoms with van der Waals surface area (Å²) in [5.41, 5.74) is 1.42. The fourth-order valence-electron chi connectivity index (χ4n) is 1.50. The number of amides is 1. The minimum Gasteiger partial charge on any atom is -0.483 e. The van der Waals surface area contributed by atoms with Crippen LogP contribution in [0.3, 0.4) is 0 Å². The number of Topliss-reactive ketones (excluding diaryl/α,β-unsaturated/α-hetero) is 1. The van der Waals surface area contributed by atoms with E-state index in [9.17, 15) is 9.59 Å². The Morgan fingerprint density at radius 1 is 1.42 bits per heavy atom. The number of aryl methyl sites for hydroxylation is 1. The van der Waals surface area contributed by atoms with E-state index in [1.807, 2.05) is 19.1 Å². The van der Waals surface area contributed by atoms with Gasteiger partial charge in [-0.15, -0.1) is 0 Å². The topological polar surface area (TPSA) is 79.2 Å². The Kier molecular flexibility index (Phi) is 5.55. The van der Waals surface area contributed by atoms with E-state index in [0.29, 0.717) is 17.9 Å². The molecule has 0 heterocycles. The molecule has 1 aromatic rings. The number of carbonyl (C=O) groups is 2. The smallest absolute Gasteiger partial charge is 0.257 e. The lowest BCUT2D eigenvalue weighted by Gasteiger charge is -2.10. The SMILES string of the molecule is CC(=O)c1cc(C)ccc1OCC(=O)NCCC#N. The van der Waals surface area contributed by atoms with Crippen molar-refractivity contribution in [2.24, 2.45) is 0 Å². The van der Waals surface area contributed by atoms with Gasteiger partial charge in [-0.25, -0.2) is 0 Å². The molecule has 1 N–H and O–H groups in total. The molecule has 100 valence electrons. The molecule has 0 unspecified atom stereocenters. The lowest BCUT2D eigenvalue weighted by atomic mass is 10.1. The number of ether oxygens (including phenoxy) is 1. The quantitative estimate of drug-likeness (QED) is 0.622. The molecule has 0 aromatic heterocycles. The van der Waals surface area contributed by atoms with Crippen LogP contribution in [0.25, 0.3) is 0 Å². The maximum Gasteiger partial charge on any atom is 0.257 e. The first kappa shape index (κ1) is 14.7. The van der Waals surface area contributed by atoms with E-state index in [4.69, 9.17) is 10.00 Å². The lowest BCUT2D eigenvalue weighted by molar-refractivity contribution is -0.123. The second-order valence-electron chi connectivity index (χ2n) is 4.10. The van der Waals surface area contributed by atoms with Gasteiger partial charge >= 0.3 is 0 Å². The van der Waals surface area contributed by atoms with Crippen LogP contribution in [0, 0.1) is 18.3 Å². The normalized spacial score (nSPS) is 9.53. The summed E-state index contributed by atoms with van der Waals surface area (Å²) in [7, 11) is 0. The molecule has 1 amide bonds. The minimum absolute atomic E-state index is 0.108. The van der Waals surface area contributed by atoms with Crippen molar-refractivity contribution in [1.82, 2.24) is 5.32 Å². The number of nitriles is 1. The number of nitrogens with one attached hydrogen (secondary N) is 1. The zero-order valence-electron chi connectivity index (χ0n) is 11.0. The summed E-state index contributed by atoms with van der Waals surface area (Å²) in [5, 5.41) is 10.9. The zero-order valence-corrected chi connectivity index (χ0v) is 11.0. The average molecular weight is 260 g/mol. The van der Waals surface area contributed by atoms with Crippen LogP contribution >= 0.6 is 0 Å². The number of ketones is 1. The zero-order chi connectivity index (χ0) is 14.3. The molecule has 0 fully saturated rings. The Morgan fingerprint density at radius 2 is 2.16 bits per heavy atom. The summed E-state index contributed by atoms with van der Waals surface area (Å²) in [4.78, 5) is 22.9. The van der Waals surface area contributed by atoms with E-state index < -0.39 is 0 Å². The highest BCUT2D eigenvalue weighted by Gasteiger charge is 2.10. The van der Waals surface area contributed by atoms with Gasteiger partial charge in [-0.1, -0.05) is 11.6 Å². The van der Waals surface area contributed by atoms with Crippen molar-refractivity contribution in [1.29, 1.82) is 5.26 Å². The first-order chi connectivity index (χ1) is 9.04. The molecule has 19 heavy (non-hydrogen) atoms. The van der Waals surface area contributed by atoms with Crippen molar-refractivity contribution in [3.05, 3.63) is 29.3 Å². The van der Waals surface area contributed by atoms with Crippen molar-refractivity contribution in [3.8, 4) is 11.8 Å². The molecule has 0 radical (unpaired) electrons. The van der Waals surface area contributed by atoms with Gasteiger partial charge < -0.3 is 10.1 Å². The maximum absolute atomic E-state index is 11.5. The van der Waals surface area contributed by atoms with Crippen molar-refractivity contribution in [3.63, 3.8) is 0 Å². The number of benzene rings is 1. The number of nitrogens with zero attached hydrogens (tertiary/aromatic N) is 1. The van der Waals surface area contributed by atoms with Crippen LogP contribution in [0.2, 0.25) is 0 Å². The largest absolute Gasteiger partial charge is 0.483 e. The average Bonchev–Trinajstić information content (AvgIpc) is 2.37. The van der Waals surface area contributed by atoms with Gasteiger partial charge in [0.1, 0.15) is 5.75 Å². The molecule has 0 aliphatic heterocycles. The van der Waals surface area contributed by atoms with Crippen LogP contribution in [0.4, 0.5) is 0 Å². The molecule has 0 aliphatic rings. The molecule has 0 bridgehead atoms. The van der Waals surface area contributed by atoms with E-state index in [-0.39, 0.29) is 24.7 Å². The van der Waals surface area contributed by atoms with Crippen molar-refractivity contribution < 1.29 is 14.3 Å². The third kappa shape index (κ3) is 4.80. The van der Waals surface area contributed by atoms with Crippen molar-refractivity contribution >= 4 is 11.7 Å². The van der Waals surface area contributed by atoms with Gasteiger partial charge in [-0.05, 0) is 26.0 Å². The van der Waals surface area contributed by atoms with Crippen LogP contribution < -0.4 is 10.1 Å². The highest BCUT2D eigenvalue weighted by Crippen LogP contribution is 2.20. The Labute approximate surface area is 112 Å². The van der Waals surface area contributed by atoms with Crippen molar-refractivity contribution in [2.75, 3.05) is 13.2 Å². The fraction of sp³-hybridized carbons (Fsp3) is 0.357. The third-order valence-electron chi connectivity index (χ3n) is 2.43. The van der Waals surface area contributed by atoms with E-state index >= 15 is 0 Å². The molecule has 1 rings (SSSR count). The predicted molar refractivity (Wildman–Crippen MR) is 69.9 cm³/mol. The van der Waals surface area contributed by atoms with Crippen LogP contribution in [-0.2, 0) is 4.79 Å². The first-order valence-corrected chi connectivity index (χ1v) is 5.92. The van der Waals surface area contributed by atoms with Gasteiger partial charge in [0.2, 0.25) is 0 Å². The Morgan fingerprint density at radius 3 is 2.79 bits per heavy atom. The second-order valence-corrected chi connectivity index (χ2v) is 4.10. The molecule has 0 saturated heterocycles. The molecule has 5 heteroatoms. The van der Waals surface area contributed by atoms with Crippen LogP contribution in [0.1, 0.15) is 29.3 Å². The standard InChI is InChI=1S/C14H16N2O3/c1-10-4-5-13(12(8-10)11(2)17)19-9-14(18)16-7-3-6-15/h4-5,8H,3,7,9H2,1-2H3,(H,16,18). The van der Waals surface area contributed by atoms with E-state index in [2.05, 4.69) is 5.32 Å². The highest BCUT2D eigenvalue weighted by molar-refractivity contribution is 5.97. The number of carbonyl (C=O) groups excluding carboxylic acids is 2. The van der Waals surface area contributed by atoms with Crippen LogP contribution in [-0.4, -0.2) is 24.8 Å². The maximum atomic E-state index is 11.5. The van der Waals surface area contributed by atoms with E-state index in [1.165, 1.54) is 6.92 Å². The predicted octanol–water partition coefficient (Wildman–Crippen LogP) is 1.61. The van der Waals surface area contributed by atoms with Crippen molar-refractivity contribution in [2.45, 2.75) is 20.3 Å². The van der Waals surface area contributed by atoms with Crippen LogP contribution in [0.15, 0.2) is 18.2 Å². The summed E-state index contributed by atoms with van der Waals surface area (Å²) in [6.45, 7) is 3.46. The number of hydrogen-bond donors (Lipinski definition) is 1. The van der Waals surface area contributed by atoms with Gasteiger partial charge in [0.15, 0.2) is 12.4 Å². The van der Waals surface area contributed by atoms with Gasteiger partial charge in [-0.2, -0.15) is 5.26 Å². The third-order valence-corrected chi connectivity index (χ3v) is 2.43. The molecule has 5 nitrogen and oxygen atoms in total. The fourth-order valence-corrected chi connectivity index (χ4v) is 1.50. The van der Waals surface area contributed by atoms with E-state index in [0.717, 1.165) is 5.56 Å². The minimum atomic E-state index is -0.315. The Balaban J connectivity index is 2.60. The van der Waals surface area contributed by atoms with Gasteiger partial charge in [0.25, 0.3) is 5.91 Å². The molecule has 0 saturated carbocycles. The molecule has 0 spiro atoms. The van der Waals surface area contributed by atoms with Crippen LogP contribution in [0.5, 0.6) is 5.75 Å². The summed E-state index contributed by atoms with van der Waals surface area (Å²) in [6, 6.07) is 7.14. The Hall–Kier alpha value is -2.35. The number of hydrogen-bond acceptors (Lipinski definition) is 4. The lowest BCUT2D eigenvalue weighted by Crippen LogP contribution is -2.29. The second kappa shape index (κ2) is 7.17. The molecular formula is C14H16N2O3. The van der Waals surface area contributed by atoms with Gasteiger partial charge in [0.05, 0.1) is 18.1 Å². The summed E-state index contributed by atoms with van der Waals surface area (Å²) in [5.74, 6) is -0.0255. The van der Waals surface area contributed by atoms with E-state index in [1.54, 1.807) is 12.1 Å². The first-order valence-electron chi connectivity index (χ1n) is 5.92. The Bertz CT molecular complexity index is 518. The number of rotatable bonds is 6.